The normalized spacial score (nSPS) is 14.9. The van der Waals surface area contributed by atoms with E-state index in [0.717, 1.165) is 102 Å². The van der Waals surface area contributed by atoms with Crippen molar-refractivity contribution < 1.29 is 39.9 Å². The summed E-state index contributed by atoms with van der Waals surface area (Å²) in [6.07, 6.45) is 0. The van der Waals surface area contributed by atoms with E-state index in [4.69, 9.17) is 4.74 Å². The zero-order chi connectivity index (χ0) is 72.4. The Morgan fingerprint density at radius 1 is 0.233 bits per heavy atom. The van der Waals surface area contributed by atoms with Gasteiger partial charge in [-0.3, -0.25) is 0 Å². The van der Waals surface area contributed by atoms with Gasteiger partial charge in [0.05, 0.1) is 34.1 Å². The van der Waals surface area contributed by atoms with Crippen molar-refractivity contribution in [2.45, 2.75) is 131 Å². The van der Waals surface area contributed by atoms with Gasteiger partial charge in [0, 0.05) is 75.5 Å². The summed E-state index contributed by atoms with van der Waals surface area (Å²) in [5, 5.41) is 0. The molecule has 7 heterocycles. The van der Waals surface area contributed by atoms with Crippen LogP contribution < -0.4 is 78.4 Å². The fourth-order valence-corrected chi connectivity index (χ4v) is 17.3. The molecule has 0 unspecified atom stereocenters. The van der Waals surface area contributed by atoms with E-state index in [2.05, 4.69) is 169 Å². The molecule has 512 valence electrons. The van der Waals surface area contributed by atoms with Gasteiger partial charge in [-0.1, -0.05) is 146 Å². The zero-order valence-electron chi connectivity index (χ0n) is 60.0. The number of hydrogen-bond acceptors (Lipinski definition) is 6. The first-order chi connectivity index (χ1) is 48.5. The van der Waals surface area contributed by atoms with E-state index in [1.54, 1.807) is 0 Å². The predicted molar refractivity (Wildman–Crippen MR) is 407 cm³/mol. The maximum absolute atomic E-state index is 16.9. The van der Waals surface area contributed by atoms with Gasteiger partial charge in [-0.25, -0.2) is 35.1 Å². The molecule has 6 nitrogen and oxygen atoms in total. The highest BCUT2D eigenvalue weighted by Gasteiger charge is 2.56. The van der Waals surface area contributed by atoms with Crippen molar-refractivity contribution in [3.63, 3.8) is 0 Å². The van der Waals surface area contributed by atoms with Gasteiger partial charge in [0.1, 0.15) is 46.5 Å². The Kier molecular flexibility index (Phi) is 13.4. The van der Waals surface area contributed by atoms with Crippen LogP contribution in [0.1, 0.15) is 132 Å². The molecule has 0 aromatic heterocycles. The maximum Gasteiger partial charge on any atom is 0.252 e. The van der Waals surface area contributed by atoms with Gasteiger partial charge in [-0.2, -0.15) is 0 Å². The number of rotatable bonds is 4. The molecular formula is C86H72B3F8N5O. The van der Waals surface area contributed by atoms with E-state index in [-0.39, 0.29) is 28.2 Å². The number of hydrogen-bond donors (Lipinski definition) is 0. The molecule has 103 heavy (non-hydrogen) atoms. The lowest BCUT2D eigenvalue weighted by Crippen LogP contribution is -2.70. The molecule has 0 radical (unpaired) electrons. The first-order valence-corrected chi connectivity index (χ1v) is 35.2. The molecular weight excluding hydrogens is 1300 g/mol. The molecule has 11 aromatic carbocycles. The van der Waals surface area contributed by atoms with Crippen LogP contribution in [0, 0.1) is 46.5 Å². The van der Waals surface area contributed by atoms with Crippen molar-refractivity contribution in [1.29, 1.82) is 0 Å². The van der Waals surface area contributed by atoms with Crippen molar-refractivity contribution in [2.24, 2.45) is 0 Å². The lowest BCUT2D eigenvalue weighted by molar-refractivity contribution is 0.470. The van der Waals surface area contributed by atoms with Crippen LogP contribution in [0.3, 0.4) is 0 Å². The third-order valence-electron chi connectivity index (χ3n) is 22.2. The van der Waals surface area contributed by atoms with Gasteiger partial charge in [-0.05, 0) is 201 Å². The molecule has 0 atom stereocenters. The van der Waals surface area contributed by atoms with Gasteiger partial charge in [-0.15, -0.1) is 0 Å². The van der Waals surface area contributed by atoms with E-state index >= 15 is 35.1 Å². The van der Waals surface area contributed by atoms with Crippen molar-refractivity contribution in [3.8, 4) is 11.5 Å². The average Bonchev–Trinajstić information content (AvgIpc) is 0.657. The minimum absolute atomic E-state index is 0.0998. The van der Waals surface area contributed by atoms with E-state index in [1.807, 2.05) is 49.9 Å². The molecule has 7 aliphatic rings. The quantitative estimate of drug-likeness (QED) is 0.129. The van der Waals surface area contributed by atoms with Crippen LogP contribution in [0.4, 0.5) is 120 Å². The molecule has 0 fully saturated rings. The summed E-state index contributed by atoms with van der Waals surface area (Å²) >= 11 is 0. The SMILES string of the molecule is CC(C)(C)c1ccc2c(c1)B1c3cc4c(cc3N(c3cc(F)cc(F)c3)c3cc(C(C)(C)C)cc(c31)N2c1cc(F)cc(F)c1)N(c1cc(F)cc(F)c1)c1cc2c3c5c1B4c1cc(C(C)(C)C)cc4c1N5c1c(cc(C(C)(C)C)cc1B3c1cc(C(C)(C)C)ccc1N2c1cc(F)cc(F)c1)O4. The number of nitrogens with zero attached hydrogens (tertiary/aromatic N) is 5. The summed E-state index contributed by atoms with van der Waals surface area (Å²) in [5.41, 5.74) is 17.0. The van der Waals surface area contributed by atoms with Crippen molar-refractivity contribution in [3.05, 3.63) is 238 Å². The minimum atomic E-state index is -0.861. The summed E-state index contributed by atoms with van der Waals surface area (Å²) in [7, 11) is 0. The van der Waals surface area contributed by atoms with Crippen molar-refractivity contribution in [1.82, 2.24) is 0 Å². The number of anilines is 15. The Morgan fingerprint density at radius 3 is 0.835 bits per heavy atom. The van der Waals surface area contributed by atoms with Gasteiger partial charge in [0.2, 0.25) is 0 Å². The molecule has 0 aliphatic carbocycles. The summed E-state index contributed by atoms with van der Waals surface area (Å²) in [6.45, 7) is 30.0. The van der Waals surface area contributed by atoms with Crippen LogP contribution in [-0.2, 0) is 27.1 Å². The zero-order valence-corrected chi connectivity index (χ0v) is 60.0. The maximum atomic E-state index is 16.9. The summed E-state index contributed by atoms with van der Waals surface area (Å²) in [6, 6.07) is 45.5. The Balaban J connectivity index is 1.04. The molecule has 17 heteroatoms. The monoisotopic (exact) mass is 1380 g/mol. The predicted octanol–water partition coefficient (Wildman–Crippen LogP) is 18.2. The van der Waals surface area contributed by atoms with Gasteiger partial charge in [0.15, 0.2) is 11.5 Å². The van der Waals surface area contributed by atoms with Crippen LogP contribution in [-0.4, -0.2) is 20.1 Å². The molecule has 0 spiro atoms. The fraction of sp³-hybridized carbons (Fsp3) is 0.233. The second kappa shape index (κ2) is 21.3. The molecule has 7 aliphatic heterocycles. The molecule has 0 bridgehead atoms. The molecule has 18 rings (SSSR count). The summed E-state index contributed by atoms with van der Waals surface area (Å²) in [4.78, 5) is 9.87. The molecule has 0 saturated carbocycles. The minimum Gasteiger partial charge on any atom is -0.453 e. The van der Waals surface area contributed by atoms with Crippen molar-refractivity contribution >= 4 is 155 Å². The topological polar surface area (TPSA) is 25.4 Å². The van der Waals surface area contributed by atoms with Gasteiger partial charge >= 0.3 is 0 Å². The van der Waals surface area contributed by atoms with Crippen LogP contribution in [0.5, 0.6) is 11.5 Å². The lowest BCUT2D eigenvalue weighted by atomic mass is 9.27. The van der Waals surface area contributed by atoms with E-state index < -0.39 is 88.3 Å². The molecule has 0 N–H and O–H groups in total. The lowest BCUT2D eigenvalue weighted by Gasteiger charge is -2.53. The first-order valence-electron chi connectivity index (χ1n) is 35.2. The van der Waals surface area contributed by atoms with Crippen LogP contribution in [0.15, 0.2) is 164 Å². The van der Waals surface area contributed by atoms with E-state index in [1.165, 1.54) is 48.5 Å². The average molecular weight is 1380 g/mol. The Labute approximate surface area is 596 Å². The number of halogens is 8. The molecule has 0 amide bonds. The Morgan fingerprint density at radius 2 is 0.505 bits per heavy atom. The Hall–Kier alpha value is -10.1. The second-order valence-corrected chi connectivity index (χ2v) is 34.2. The van der Waals surface area contributed by atoms with E-state index in [9.17, 15) is 0 Å². The van der Waals surface area contributed by atoms with Crippen molar-refractivity contribution in [2.75, 3.05) is 24.5 Å². The molecule has 0 saturated heterocycles. The van der Waals surface area contributed by atoms with Gasteiger partial charge in [0.25, 0.3) is 20.1 Å². The first kappa shape index (κ1) is 64.9. The van der Waals surface area contributed by atoms with E-state index in [0.29, 0.717) is 73.4 Å². The smallest absolute Gasteiger partial charge is 0.252 e. The second-order valence-electron chi connectivity index (χ2n) is 34.2. The number of benzene rings is 11. The number of fused-ring (bicyclic) bond motifs is 10. The number of ether oxygens (including phenoxy) is 1. The van der Waals surface area contributed by atoms with Crippen LogP contribution >= 0.6 is 0 Å². The highest BCUT2D eigenvalue weighted by molar-refractivity contribution is 7.06. The molecule has 11 aromatic rings. The summed E-state index contributed by atoms with van der Waals surface area (Å²) < 4.78 is 140. The standard InChI is InChI=1S/C86H72B3F8N5O/c1-82(2,3)43-16-18-66-60(20-43)87-62-40-63-69(41-68(62)100(58-36-52(94)30-53(95)37-58)71-25-47(86(13,14)15)24-70(76(71)87)98(66)56-32-48(90)28-49(91)33-56)101(59-38-54(96)31-55(97)39-59)73-42-72-77-81-78(73)89(63)65-23-46(85(10,11)12)27-75-80(65)102(81)79-64(22-45(84(7,8)9)26-74(79)103-75)88(77)61-21-44(83(4,5)6)17-19-67(61)99(72)57-34-50(92)29-51(93)35-57/h16-42H,1-15H3. The largest absolute Gasteiger partial charge is 0.453 e. The van der Waals surface area contributed by atoms with Gasteiger partial charge < -0.3 is 29.2 Å². The third kappa shape index (κ3) is 9.61. The fourth-order valence-electron chi connectivity index (χ4n) is 17.3. The van der Waals surface area contributed by atoms with Crippen LogP contribution in [0.2, 0.25) is 0 Å². The highest BCUT2D eigenvalue weighted by atomic mass is 19.2. The Bertz CT molecular complexity index is 5580. The summed E-state index contributed by atoms with van der Waals surface area (Å²) in [5.74, 6) is -5.36. The van der Waals surface area contributed by atoms with Crippen LogP contribution in [0.25, 0.3) is 0 Å². The third-order valence-corrected chi connectivity index (χ3v) is 22.2. The highest BCUT2D eigenvalue weighted by Crippen LogP contribution is 2.59.